The third-order valence-electron chi connectivity index (χ3n) is 12.0. The summed E-state index contributed by atoms with van der Waals surface area (Å²) in [5.41, 5.74) is 12.9. The molecule has 9 heteroatoms. The molecule has 0 fully saturated rings. The van der Waals surface area contributed by atoms with Gasteiger partial charge in [0.05, 0.1) is 16.9 Å². The Morgan fingerprint density at radius 1 is 0.446 bits per heavy atom. The van der Waals surface area contributed by atoms with Gasteiger partial charge >= 0.3 is 0 Å². The number of imidazole rings is 3. The largest absolute Gasteiger partial charge is 0.340 e. The average molecular weight is 1370 g/mol. The smallest absolute Gasteiger partial charge is 0.0608 e. The van der Waals surface area contributed by atoms with Gasteiger partial charge in [0.15, 0.2) is 0 Å². The fourth-order valence-electron chi connectivity index (χ4n) is 9.03. The molecule has 6 nitrogen and oxygen atoms in total. The Balaban J connectivity index is 0.000000133. The minimum Gasteiger partial charge on any atom is -0.340 e. The second-order valence-electron chi connectivity index (χ2n) is 16.3. The Labute approximate surface area is 417 Å². The molecule has 6 heterocycles. The van der Waals surface area contributed by atoms with Gasteiger partial charge in [-0.2, -0.15) is 0 Å². The van der Waals surface area contributed by atoms with Crippen molar-refractivity contribution >= 4 is 82.0 Å². The predicted molar refractivity (Wildman–Crippen MR) is 256 cm³/mol. The number of para-hydroxylation sites is 1. The second kappa shape index (κ2) is 18.9. The zero-order valence-corrected chi connectivity index (χ0v) is 43.1. The van der Waals surface area contributed by atoms with Crippen LogP contribution < -0.4 is 0 Å². The van der Waals surface area contributed by atoms with Crippen LogP contribution in [0.2, 0.25) is 0 Å². The number of aromatic nitrogens is 6. The van der Waals surface area contributed by atoms with Gasteiger partial charge in [0.2, 0.25) is 0 Å². The summed E-state index contributed by atoms with van der Waals surface area (Å²) in [6.07, 6.45) is 11.6. The molecule has 0 N–H and O–H groups in total. The second-order valence-corrected chi connectivity index (χ2v) is 16.3. The van der Waals surface area contributed by atoms with E-state index in [9.17, 15) is 0 Å². The standard InChI is InChI=1S/C24H19N2.2C16H11N2.3Ir/c1-16(2)17-10-12-18(13-11-17)19-8-5-9-21-20-6-3-4-7-22(20)24-25-14-15-26(24)23(19)21;2*1-11-6-7-15-14(10-11)12-4-2-3-5-13(12)16-17-8-9-18(15)16;;;/h3-6,8-16H,1-2H3;2*2-4,6-10H,1H3;;;/q3*-1;;;. The van der Waals surface area contributed by atoms with Crippen molar-refractivity contribution in [2.24, 2.45) is 0 Å². The van der Waals surface area contributed by atoms with Crippen molar-refractivity contribution in [3.8, 4) is 11.1 Å². The Morgan fingerprint density at radius 3 is 1.35 bits per heavy atom. The molecule has 0 atom stereocenters. The fraction of sp³-hybridized carbons (Fsp3) is 0.0893. The maximum atomic E-state index is 4.60. The third kappa shape index (κ3) is 8.01. The summed E-state index contributed by atoms with van der Waals surface area (Å²) >= 11 is 0. The molecule has 7 aromatic carbocycles. The zero-order chi connectivity index (χ0) is 41.9. The van der Waals surface area contributed by atoms with Crippen molar-refractivity contribution < 1.29 is 60.3 Å². The summed E-state index contributed by atoms with van der Waals surface area (Å²) in [5, 5.41) is 10.6. The first-order chi connectivity index (χ1) is 30.4. The molecular weight excluding hydrogens is 1330 g/mol. The van der Waals surface area contributed by atoms with Crippen LogP contribution in [0.25, 0.3) is 93.1 Å². The van der Waals surface area contributed by atoms with E-state index in [0.29, 0.717) is 5.92 Å². The van der Waals surface area contributed by atoms with Gasteiger partial charge in [-0.1, -0.05) is 108 Å². The Bertz CT molecular complexity index is 3680. The maximum Gasteiger partial charge on any atom is 0.0608 e. The minimum atomic E-state index is 0. The van der Waals surface area contributed by atoms with Gasteiger partial charge in [-0.25, -0.2) is 0 Å². The molecule has 13 rings (SSSR count). The molecule has 0 bridgehead atoms. The van der Waals surface area contributed by atoms with Crippen molar-refractivity contribution in [1.29, 1.82) is 0 Å². The van der Waals surface area contributed by atoms with Crippen LogP contribution in [0.3, 0.4) is 0 Å². The molecule has 0 saturated carbocycles. The number of hydrogen-bond acceptors (Lipinski definition) is 3. The van der Waals surface area contributed by atoms with Gasteiger partial charge in [0.25, 0.3) is 0 Å². The summed E-state index contributed by atoms with van der Waals surface area (Å²) in [6, 6.07) is 56.9. The molecule has 325 valence electrons. The van der Waals surface area contributed by atoms with Crippen molar-refractivity contribution in [1.82, 2.24) is 28.2 Å². The van der Waals surface area contributed by atoms with Crippen molar-refractivity contribution in [3.63, 3.8) is 0 Å². The molecule has 3 radical (unpaired) electrons. The van der Waals surface area contributed by atoms with Gasteiger partial charge < -0.3 is 13.2 Å². The van der Waals surface area contributed by atoms with Crippen LogP contribution in [-0.2, 0) is 60.3 Å². The number of hydrogen-bond donors (Lipinski definition) is 0. The molecule has 0 saturated heterocycles. The average Bonchev–Trinajstić information content (AvgIpc) is 4.13. The van der Waals surface area contributed by atoms with E-state index in [1.165, 1.54) is 76.7 Å². The number of pyridine rings is 3. The van der Waals surface area contributed by atoms with E-state index in [0.717, 1.165) is 33.1 Å². The first-order valence-electron chi connectivity index (χ1n) is 21.0. The maximum absolute atomic E-state index is 4.60. The molecular formula is C56H41Ir3N6-3. The van der Waals surface area contributed by atoms with Crippen LogP contribution in [0.5, 0.6) is 0 Å². The Kier molecular flexibility index (Phi) is 13.3. The molecule has 13 aromatic rings. The van der Waals surface area contributed by atoms with E-state index < -0.39 is 0 Å². The monoisotopic (exact) mass is 1380 g/mol. The SMILES string of the molecule is CC(C)c1ccc(-c2cccc3c4ccc[c-]c4c4nccn4c23)cc1.Cc1ccc2c(c1)c1ccc[c-]c1c1nccn21.Cc1ccc2c(c1)c1ccc[c-]c1c1nccn21.[Ir].[Ir].[Ir]. The topological polar surface area (TPSA) is 51.9 Å². The van der Waals surface area contributed by atoms with E-state index in [1.807, 2.05) is 73.6 Å². The molecule has 0 amide bonds. The van der Waals surface area contributed by atoms with Gasteiger partial charge in [0.1, 0.15) is 0 Å². The van der Waals surface area contributed by atoms with Crippen LogP contribution in [0.1, 0.15) is 36.5 Å². The van der Waals surface area contributed by atoms with Crippen LogP contribution >= 0.6 is 0 Å². The fourth-order valence-corrected chi connectivity index (χ4v) is 9.03. The number of rotatable bonds is 2. The Hall–Kier alpha value is -5.88. The normalized spacial score (nSPS) is 11.2. The van der Waals surface area contributed by atoms with Crippen molar-refractivity contribution in [2.75, 3.05) is 0 Å². The Morgan fingerprint density at radius 2 is 0.877 bits per heavy atom. The van der Waals surface area contributed by atoms with Crippen LogP contribution in [-0.4, -0.2) is 28.2 Å². The predicted octanol–water partition coefficient (Wildman–Crippen LogP) is 13.7. The zero-order valence-electron chi connectivity index (χ0n) is 35.9. The van der Waals surface area contributed by atoms with E-state index >= 15 is 0 Å². The summed E-state index contributed by atoms with van der Waals surface area (Å²) in [6.45, 7) is 8.70. The summed E-state index contributed by atoms with van der Waals surface area (Å²) in [4.78, 5) is 13.5. The molecule has 0 spiro atoms. The van der Waals surface area contributed by atoms with E-state index in [2.05, 4.69) is 171 Å². The molecule has 65 heavy (non-hydrogen) atoms. The molecule has 0 aliphatic rings. The van der Waals surface area contributed by atoms with Gasteiger partial charge in [0, 0.05) is 120 Å². The van der Waals surface area contributed by atoms with Gasteiger partial charge in [-0.15, -0.1) is 89.0 Å². The number of fused-ring (bicyclic) bond motifs is 18. The molecule has 0 aliphatic heterocycles. The first-order valence-corrected chi connectivity index (χ1v) is 21.0. The summed E-state index contributed by atoms with van der Waals surface area (Å²) in [5.74, 6) is 0.538. The van der Waals surface area contributed by atoms with Crippen LogP contribution in [0, 0.1) is 32.0 Å². The molecule has 0 aliphatic carbocycles. The molecule has 6 aromatic heterocycles. The van der Waals surface area contributed by atoms with E-state index in [1.54, 1.807) is 0 Å². The summed E-state index contributed by atoms with van der Waals surface area (Å²) < 4.78 is 6.46. The minimum absolute atomic E-state index is 0. The van der Waals surface area contributed by atoms with Crippen LogP contribution in [0.15, 0.2) is 171 Å². The number of nitrogens with zero attached hydrogens (tertiary/aromatic N) is 6. The van der Waals surface area contributed by atoms with Crippen LogP contribution in [0.4, 0.5) is 0 Å². The third-order valence-corrected chi connectivity index (χ3v) is 12.0. The number of benzene rings is 7. The van der Waals surface area contributed by atoms with E-state index in [4.69, 9.17) is 0 Å². The van der Waals surface area contributed by atoms with Crippen molar-refractivity contribution in [2.45, 2.75) is 33.6 Å². The van der Waals surface area contributed by atoms with Gasteiger partial charge in [-0.05, 0) is 59.2 Å². The van der Waals surface area contributed by atoms with E-state index in [-0.39, 0.29) is 60.3 Å². The first kappa shape index (κ1) is 45.7. The van der Waals surface area contributed by atoms with Gasteiger partial charge in [-0.3, -0.25) is 15.0 Å². The number of aryl methyl sites for hydroxylation is 2. The quantitative estimate of drug-likeness (QED) is 0.128. The summed E-state index contributed by atoms with van der Waals surface area (Å²) in [7, 11) is 0. The van der Waals surface area contributed by atoms with Crippen molar-refractivity contribution in [3.05, 3.63) is 206 Å². The molecule has 0 unspecified atom stereocenters.